The van der Waals surface area contributed by atoms with Gasteiger partial charge >= 0.3 is 0 Å². The molecule has 0 aromatic heterocycles. The summed E-state index contributed by atoms with van der Waals surface area (Å²) in [6.45, 7) is 2.48. The Bertz CT molecular complexity index is 323. The third kappa shape index (κ3) is 2.31. The third-order valence-corrected chi connectivity index (χ3v) is 3.53. The maximum absolute atomic E-state index is 5.46. The van der Waals surface area contributed by atoms with E-state index in [0.29, 0.717) is 0 Å². The molecule has 1 aliphatic heterocycles. The molecule has 1 fully saturated rings. The monoisotopic (exact) mass is 218 g/mol. The summed E-state index contributed by atoms with van der Waals surface area (Å²) in [5, 5.41) is 0. The first-order valence-electron chi connectivity index (χ1n) is 5.91. The molecule has 0 bridgehead atoms. The van der Waals surface area contributed by atoms with Gasteiger partial charge < -0.3 is 9.47 Å². The van der Waals surface area contributed by atoms with Gasteiger partial charge in [-0.25, -0.2) is 0 Å². The molecule has 0 spiro atoms. The summed E-state index contributed by atoms with van der Waals surface area (Å²) in [5.74, 6) is 0. The summed E-state index contributed by atoms with van der Waals surface area (Å²) in [6.07, 6.45) is 2.12. The number of rotatable bonds is 3. The first-order chi connectivity index (χ1) is 7.77. The van der Waals surface area contributed by atoms with Gasteiger partial charge in [-0.15, -0.1) is 0 Å². The minimum absolute atomic E-state index is 0.167. The Morgan fingerprint density at radius 2 is 1.88 bits per heavy atom. The van der Waals surface area contributed by atoms with Crippen LogP contribution in [0.2, 0.25) is 0 Å². The van der Waals surface area contributed by atoms with Crippen LogP contribution >= 0.6 is 0 Å². The van der Waals surface area contributed by atoms with Crippen LogP contribution in [0.25, 0.3) is 0 Å². The van der Waals surface area contributed by atoms with Crippen LogP contribution in [0.4, 0.5) is 0 Å². The zero-order chi connectivity index (χ0) is 11.4. The van der Waals surface area contributed by atoms with Gasteiger partial charge in [0, 0.05) is 25.7 Å². The largest absolute Gasteiger partial charge is 0.384 e. The van der Waals surface area contributed by atoms with E-state index < -0.39 is 0 Å². The second kappa shape index (κ2) is 5.02. The molecule has 1 aromatic carbocycles. The first kappa shape index (κ1) is 11.7. The third-order valence-electron chi connectivity index (χ3n) is 3.53. The van der Waals surface area contributed by atoms with E-state index in [-0.39, 0.29) is 5.41 Å². The predicted molar refractivity (Wildman–Crippen MR) is 68.2 cm³/mol. The fourth-order valence-corrected chi connectivity index (χ4v) is 2.46. The van der Waals surface area contributed by atoms with Gasteiger partial charge in [-0.1, -0.05) is 29.7 Å². The standard InChI is InChI=1S/C13H19BO2/c1-15-10-13(6-8-16-9-7-13)11-2-4-12(14)5-3-11/h2-5H,6-10,14H2,1H3. The highest BCUT2D eigenvalue weighted by atomic mass is 16.5. The summed E-state index contributed by atoms with van der Waals surface area (Å²) in [5.41, 5.74) is 2.87. The molecule has 0 aliphatic carbocycles. The Labute approximate surface area is 98.4 Å². The molecule has 1 saturated heterocycles. The molecule has 86 valence electrons. The average Bonchev–Trinajstić information content (AvgIpc) is 2.31. The van der Waals surface area contributed by atoms with Gasteiger partial charge in [-0.2, -0.15) is 0 Å². The highest BCUT2D eigenvalue weighted by Crippen LogP contribution is 2.34. The molecule has 0 N–H and O–H groups in total. The van der Waals surface area contributed by atoms with Gasteiger partial charge in [0.1, 0.15) is 7.85 Å². The lowest BCUT2D eigenvalue weighted by molar-refractivity contribution is 0.0136. The van der Waals surface area contributed by atoms with Gasteiger partial charge in [-0.3, -0.25) is 0 Å². The molecule has 2 rings (SSSR count). The molecule has 2 nitrogen and oxygen atoms in total. The van der Waals surface area contributed by atoms with Crippen LogP contribution < -0.4 is 5.46 Å². The number of hydrogen-bond acceptors (Lipinski definition) is 2. The number of methoxy groups -OCH3 is 1. The van der Waals surface area contributed by atoms with E-state index in [1.807, 2.05) is 0 Å². The van der Waals surface area contributed by atoms with Crippen LogP contribution in [-0.2, 0) is 14.9 Å². The topological polar surface area (TPSA) is 18.5 Å². The Morgan fingerprint density at radius 1 is 1.25 bits per heavy atom. The van der Waals surface area contributed by atoms with Crippen molar-refractivity contribution in [3.05, 3.63) is 29.8 Å². The average molecular weight is 218 g/mol. The van der Waals surface area contributed by atoms with Crippen molar-refractivity contribution in [3.8, 4) is 0 Å². The van der Waals surface area contributed by atoms with E-state index in [9.17, 15) is 0 Å². The van der Waals surface area contributed by atoms with Crippen molar-refractivity contribution in [2.45, 2.75) is 18.3 Å². The van der Waals surface area contributed by atoms with Crippen molar-refractivity contribution in [2.75, 3.05) is 26.9 Å². The van der Waals surface area contributed by atoms with E-state index in [4.69, 9.17) is 9.47 Å². The SMILES string of the molecule is Bc1ccc(C2(COC)CCOCC2)cc1. The van der Waals surface area contributed by atoms with Crippen molar-refractivity contribution in [2.24, 2.45) is 0 Å². The van der Waals surface area contributed by atoms with Crippen LogP contribution in [-0.4, -0.2) is 34.8 Å². The number of ether oxygens (including phenoxy) is 2. The van der Waals surface area contributed by atoms with Gasteiger partial charge in [0.2, 0.25) is 0 Å². The fraction of sp³-hybridized carbons (Fsp3) is 0.538. The van der Waals surface area contributed by atoms with Crippen LogP contribution in [0.5, 0.6) is 0 Å². The van der Waals surface area contributed by atoms with Crippen molar-refractivity contribution < 1.29 is 9.47 Å². The smallest absolute Gasteiger partial charge is 0.139 e. The maximum Gasteiger partial charge on any atom is 0.139 e. The molecular formula is C13H19BO2. The highest BCUT2D eigenvalue weighted by molar-refractivity contribution is 6.32. The lowest BCUT2D eigenvalue weighted by Crippen LogP contribution is -2.38. The summed E-state index contributed by atoms with van der Waals surface area (Å²) in [4.78, 5) is 0. The quantitative estimate of drug-likeness (QED) is 0.693. The summed E-state index contributed by atoms with van der Waals surface area (Å²) < 4.78 is 10.9. The Hall–Kier alpha value is -0.795. The van der Waals surface area contributed by atoms with E-state index >= 15 is 0 Å². The fourth-order valence-electron chi connectivity index (χ4n) is 2.46. The Morgan fingerprint density at radius 3 is 2.44 bits per heavy atom. The Balaban J connectivity index is 2.26. The normalized spacial score (nSPS) is 19.6. The Kier molecular flexibility index (Phi) is 3.67. The maximum atomic E-state index is 5.46. The second-order valence-corrected chi connectivity index (χ2v) is 4.69. The minimum Gasteiger partial charge on any atom is -0.384 e. The molecule has 1 aromatic rings. The number of hydrogen-bond donors (Lipinski definition) is 0. The van der Waals surface area contributed by atoms with Crippen LogP contribution in [0.1, 0.15) is 18.4 Å². The summed E-state index contributed by atoms with van der Waals surface area (Å²) >= 11 is 0. The van der Waals surface area contributed by atoms with Gasteiger partial charge in [0.25, 0.3) is 0 Å². The molecule has 0 atom stereocenters. The zero-order valence-corrected chi connectivity index (χ0v) is 10.2. The molecule has 0 saturated carbocycles. The van der Waals surface area contributed by atoms with Crippen LogP contribution in [0, 0.1) is 0 Å². The van der Waals surface area contributed by atoms with Crippen molar-refractivity contribution in [1.82, 2.24) is 0 Å². The van der Waals surface area contributed by atoms with Crippen molar-refractivity contribution >= 4 is 13.3 Å². The van der Waals surface area contributed by atoms with Crippen molar-refractivity contribution in [1.29, 1.82) is 0 Å². The van der Waals surface area contributed by atoms with E-state index in [2.05, 4.69) is 32.1 Å². The second-order valence-electron chi connectivity index (χ2n) is 4.69. The highest BCUT2D eigenvalue weighted by Gasteiger charge is 2.34. The first-order valence-corrected chi connectivity index (χ1v) is 5.91. The molecule has 0 amide bonds. The zero-order valence-electron chi connectivity index (χ0n) is 10.2. The lowest BCUT2D eigenvalue weighted by Gasteiger charge is -2.37. The van der Waals surface area contributed by atoms with Gasteiger partial charge in [0.15, 0.2) is 0 Å². The molecule has 0 radical (unpaired) electrons. The van der Waals surface area contributed by atoms with Crippen LogP contribution in [0.15, 0.2) is 24.3 Å². The molecule has 1 heterocycles. The molecule has 16 heavy (non-hydrogen) atoms. The lowest BCUT2D eigenvalue weighted by atomic mass is 9.74. The van der Waals surface area contributed by atoms with E-state index in [1.165, 1.54) is 11.0 Å². The number of benzene rings is 1. The van der Waals surface area contributed by atoms with Gasteiger partial charge in [-0.05, 0) is 18.4 Å². The summed E-state index contributed by atoms with van der Waals surface area (Å²) in [7, 11) is 3.90. The summed E-state index contributed by atoms with van der Waals surface area (Å²) in [6, 6.07) is 8.84. The van der Waals surface area contributed by atoms with Crippen molar-refractivity contribution in [3.63, 3.8) is 0 Å². The molecule has 1 aliphatic rings. The molecule has 3 heteroatoms. The van der Waals surface area contributed by atoms with Gasteiger partial charge in [0.05, 0.1) is 6.61 Å². The van der Waals surface area contributed by atoms with E-state index in [1.54, 1.807) is 7.11 Å². The van der Waals surface area contributed by atoms with Crippen LogP contribution in [0.3, 0.4) is 0 Å². The molecule has 0 unspecified atom stereocenters. The predicted octanol–water partition coefficient (Wildman–Crippen LogP) is 0.640. The molecular weight excluding hydrogens is 199 g/mol. The minimum atomic E-state index is 0.167. The van der Waals surface area contributed by atoms with E-state index in [0.717, 1.165) is 32.7 Å².